The van der Waals surface area contributed by atoms with Crippen molar-refractivity contribution in [1.82, 2.24) is 10.1 Å². The number of aromatic nitrogens is 2. The minimum Gasteiger partial charge on any atom is -0.380 e. The molecule has 0 aliphatic rings. The van der Waals surface area contributed by atoms with Crippen molar-refractivity contribution in [2.24, 2.45) is 0 Å². The standard InChI is InChI=1S/C14H9Cl2N3O/c15-8-4-3-5-9(16)11(8)13-12(14(17)19-20-13)10-6-1-2-7-18-10/h1-7H,(H2,17,19). The minimum absolute atomic E-state index is 0.245. The zero-order valence-corrected chi connectivity index (χ0v) is 11.7. The summed E-state index contributed by atoms with van der Waals surface area (Å²) in [6.45, 7) is 0. The summed E-state index contributed by atoms with van der Waals surface area (Å²) in [5.41, 5.74) is 7.67. The number of nitrogens with two attached hydrogens (primary N) is 1. The van der Waals surface area contributed by atoms with E-state index >= 15 is 0 Å². The van der Waals surface area contributed by atoms with Crippen molar-refractivity contribution < 1.29 is 4.52 Å². The Bertz CT molecular complexity index is 736. The molecule has 100 valence electrons. The van der Waals surface area contributed by atoms with Gasteiger partial charge < -0.3 is 10.3 Å². The molecule has 4 nitrogen and oxygen atoms in total. The lowest BCUT2D eigenvalue weighted by Crippen LogP contribution is -1.91. The molecule has 1 aromatic carbocycles. The van der Waals surface area contributed by atoms with Crippen molar-refractivity contribution >= 4 is 29.0 Å². The maximum atomic E-state index is 6.20. The number of hydrogen-bond acceptors (Lipinski definition) is 4. The zero-order chi connectivity index (χ0) is 14.1. The Labute approximate surface area is 125 Å². The third-order valence-electron chi connectivity index (χ3n) is 2.83. The molecule has 2 heterocycles. The summed E-state index contributed by atoms with van der Waals surface area (Å²) in [6, 6.07) is 10.7. The Hall–Kier alpha value is -2.04. The van der Waals surface area contributed by atoms with E-state index in [9.17, 15) is 0 Å². The van der Waals surface area contributed by atoms with Crippen LogP contribution in [0.2, 0.25) is 10.0 Å². The number of nitrogens with zero attached hydrogens (tertiary/aromatic N) is 2. The smallest absolute Gasteiger partial charge is 0.181 e. The molecule has 0 saturated heterocycles. The van der Waals surface area contributed by atoms with Crippen molar-refractivity contribution in [1.29, 1.82) is 0 Å². The van der Waals surface area contributed by atoms with Gasteiger partial charge in [0.15, 0.2) is 11.6 Å². The van der Waals surface area contributed by atoms with Gasteiger partial charge in [-0.05, 0) is 24.3 Å². The maximum Gasteiger partial charge on any atom is 0.181 e. The van der Waals surface area contributed by atoms with Gasteiger partial charge in [0, 0.05) is 6.20 Å². The van der Waals surface area contributed by atoms with Crippen LogP contribution in [0.4, 0.5) is 5.82 Å². The Kier molecular flexibility index (Phi) is 3.34. The normalized spacial score (nSPS) is 10.7. The molecule has 0 unspecified atom stereocenters. The van der Waals surface area contributed by atoms with Crippen molar-refractivity contribution in [3.63, 3.8) is 0 Å². The summed E-state index contributed by atoms with van der Waals surface area (Å²) < 4.78 is 5.31. The Morgan fingerprint density at radius 2 is 1.70 bits per heavy atom. The van der Waals surface area contributed by atoms with Gasteiger partial charge in [-0.1, -0.05) is 40.5 Å². The van der Waals surface area contributed by atoms with Gasteiger partial charge in [-0.15, -0.1) is 0 Å². The van der Waals surface area contributed by atoms with Crippen LogP contribution in [-0.4, -0.2) is 10.1 Å². The highest BCUT2D eigenvalue weighted by molar-refractivity contribution is 6.39. The molecule has 3 rings (SSSR count). The lowest BCUT2D eigenvalue weighted by atomic mass is 10.1. The summed E-state index contributed by atoms with van der Waals surface area (Å²) in [6.07, 6.45) is 1.67. The summed E-state index contributed by atoms with van der Waals surface area (Å²) in [4.78, 5) is 4.26. The summed E-state index contributed by atoms with van der Waals surface area (Å²) in [5.74, 6) is 0.659. The van der Waals surface area contributed by atoms with Gasteiger partial charge in [0.05, 0.1) is 26.9 Å². The van der Waals surface area contributed by atoms with Gasteiger partial charge in [-0.25, -0.2) is 0 Å². The van der Waals surface area contributed by atoms with E-state index in [1.807, 2.05) is 18.2 Å². The molecular weight excluding hydrogens is 297 g/mol. The fourth-order valence-electron chi connectivity index (χ4n) is 1.95. The molecule has 0 spiro atoms. The molecule has 2 N–H and O–H groups in total. The quantitative estimate of drug-likeness (QED) is 0.767. The largest absolute Gasteiger partial charge is 0.380 e. The Balaban J connectivity index is 2.27. The van der Waals surface area contributed by atoms with Crippen LogP contribution < -0.4 is 5.73 Å². The minimum atomic E-state index is 0.245. The predicted octanol–water partition coefficient (Wildman–Crippen LogP) is 4.29. The number of rotatable bonds is 2. The number of nitrogen functional groups attached to an aromatic ring is 1. The highest BCUT2D eigenvalue weighted by Crippen LogP contribution is 2.41. The molecule has 0 fully saturated rings. The van der Waals surface area contributed by atoms with Crippen LogP contribution in [0.3, 0.4) is 0 Å². The zero-order valence-electron chi connectivity index (χ0n) is 10.2. The second-order valence-corrected chi connectivity index (χ2v) is 4.90. The molecule has 0 amide bonds. The molecule has 2 aromatic heterocycles. The number of halogens is 2. The van der Waals surface area contributed by atoms with Gasteiger partial charge in [0.1, 0.15) is 0 Å². The number of anilines is 1. The van der Waals surface area contributed by atoms with Gasteiger partial charge in [0.25, 0.3) is 0 Å². The third-order valence-corrected chi connectivity index (χ3v) is 3.46. The summed E-state index contributed by atoms with van der Waals surface area (Å²) >= 11 is 12.4. The van der Waals surface area contributed by atoms with Gasteiger partial charge >= 0.3 is 0 Å². The first-order valence-corrected chi connectivity index (χ1v) is 6.55. The molecule has 0 atom stereocenters. The van der Waals surface area contributed by atoms with E-state index in [0.29, 0.717) is 32.6 Å². The van der Waals surface area contributed by atoms with E-state index < -0.39 is 0 Å². The number of pyridine rings is 1. The van der Waals surface area contributed by atoms with Crippen LogP contribution in [-0.2, 0) is 0 Å². The number of benzene rings is 1. The highest BCUT2D eigenvalue weighted by Gasteiger charge is 2.22. The van der Waals surface area contributed by atoms with E-state index in [4.69, 9.17) is 33.5 Å². The van der Waals surface area contributed by atoms with E-state index in [1.165, 1.54) is 0 Å². The van der Waals surface area contributed by atoms with E-state index in [0.717, 1.165) is 0 Å². The van der Waals surface area contributed by atoms with Crippen LogP contribution in [0, 0.1) is 0 Å². The van der Waals surface area contributed by atoms with Crippen LogP contribution in [0.25, 0.3) is 22.6 Å². The van der Waals surface area contributed by atoms with Gasteiger partial charge in [0.2, 0.25) is 0 Å². The lowest BCUT2D eigenvalue weighted by Gasteiger charge is -2.05. The molecule has 3 aromatic rings. The van der Waals surface area contributed by atoms with Crippen LogP contribution >= 0.6 is 23.2 Å². The Morgan fingerprint density at radius 3 is 2.35 bits per heavy atom. The topological polar surface area (TPSA) is 64.9 Å². The summed E-state index contributed by atoms with van der Waals surface area (Å²) in [7, 11) is 0. The molecule has 0 aliphatic carbocycles. The fourth-order valence-corrected chi connectivity index (χ4v) is 2.52. The molecule has 20 heavy (non-hydrogen) atoms. The van der Waals surface area contributed by atoms with Gasteiger partial charge in [-0.2, -0.15) is 0 Å². The first-order chi connectivity index (χ1) is 9.68. The first-order valence-electron chi connectivity index (χ1n) is 5.79. The highest BCUT2D eigenvalue weighted by atomic mass is 35.5. The molecule has 0 bridgehead atoms. The van der Waals surface area contributed by atoms with Gasteiger partial charge in [-0.3, -0.25) is 4.98 Å². The monoisotopic (exact) mass is 305 g/mol. The number of hydrogen-bond donors (Lipinski definition) is 1. The second kappa shape index (κ2) is 5.15. The van der Waals surface area contributed by atoms with E-state index in [-0.39, 0.29) is 5.82 Å². The van der Waals surface area contributed by atoms with Crippen LogP contribution in [0.5, 0.6) is 0 Å². The SMILES string of the molecule is Nc1noc(-c2c(Cl)cccc2Cl)c1-c1ccccn1. The van der Waals surface area contributed by atoms with E-state index in [1.54, 1.807) is 24.4 Å². The van der Waals surface area contributed by atoms with Crippen molar-refractivity contribution in [2.75, 3.05) is 5.73 Å². The molecule has 0 saturated carbocycles. The van der Waals surface area contributed by atoms with E-state index in [2.05, 4.69) is 10.1 Å². The van der Waals surface area contributed by atoms with Crippen LogP contribution in [0.15, 0.2) is 47.1 Å². The molecular formula is C14H9Cl2N3O. The predicted molar refractivity (Wildman–Crippen MR) is 79.6 cm³/mol. The molecule has 6 heteroatoms. The maximum absolute atomic E-state index is 6.20. The second-order valence-electron chi connectivity index (χ2n) is 4.08. The third kappa shape index (κ3) is 2.13. The summed E-state index contributed by atoms with van der Waals surface area (Å²) in [5, 5.41) is 4.72. The molecule has 0 radical (unpaired) electrons. The molecule has 0 aliphatic heterocycles. The fraction of sp³-hybridized carbons (Fsp3) is 0. The Morgan fingerprint density at radius 1 is 0.950 bits per heavy atom. The van der Waals surface area contributed by atoms with Crippen LogP contribution in [0.1, 0.15) is 0 Å². The first kappa shape index (κ1) is 13.0. The average Bonchev–Trinajstić information content (AvgIpc) is 2.81. The van der Waals surface area contributed by atoms with Crippen molar-refractivity contribution in [3.8, 4) is 22.6 Å². The average molecular weight is 306 g/mol. The van der Waals surface area contributed by atoms with Crippen molar-refractivity contribution in [2.45, 2.75) is 0 Å². The van der Waals surface area contributed by atoms with Crippen molar-refractivity contribution in [3.05, 3.63) is 52.6 Å². The lowest BCUT2D eigenvalue weighted by molar-refractivity contribution is 0.436.